The molecule has 6 heteroatoms. The van der Waals surface area contributed by atoms with Crippen molar-refractivity contribution in [3.05, 3.63) is 16.8 Å². The van der Waals surface area contributed by atoms with E-state index in [4.69, 9.17) is 5.73 Å². The normalized spacial score (nSPS) is 15.4. The Balaban J connectivity index is 2.26. The van der Waals surface area contributed by atoms with Crippen molar-refractivity contribution < 1.29 is 4.79 Å². The summed E-state index contributed by atoms with van der Waals surface area (Å²) in [5, 5.41) is 8.79. The summed E-state index contributed by atoms with van der Waals surface area (Å²) in [7, 11) is 0. The number of carbonyl (C=O) groups excluding carboxylic acids is 1. The lowest BCUT2D eigenvalue weighted by molar-refractivity contribution is -0.129. The first kappa shape index (κ1) is 15.7. The highest BCUT2D eigenvalue weighted by atomic mass is 16.2. The maximum Gasteiger partial charge on any atom is 0.219 e. The van der Waals surface area contributed by atoms with Gasteiger partial charge in [-0.3, -0.25) is 4.79 Å². The number of hydrogen-bond donors (Lipinski definition) is 1. The highest BCUT2D eigenvalue weighted by Crippen LogP contribution is 2.24. The van der Waals surface area contributed by atoms with Crippen LogP contribution in [0.5, 0.6) is 0 Å². The molecule has 0 atom stereocenters. The highest BCUT2D eigenvalue weighted by molar-refractivity contribution is 5.73. The Morgan fingerprint density at radius 3 is 2.24 bits per heavy atom. The summed E-state index contributed by atoms with van der Waals surface area (Å²) in [6.45, 7) is 9.36. The number of nitrogens with zero attached hydrogens (tertiary/aromatic N) is 4. The van der Waals surface area contributed by atoms with Gasteiger partial charge in [-0.1, -0.05) is 13.8 Å². The molecule has 1 aromatic heterocycles. The van der Waals surface area contributed by atoms with Crippen molar-refractivity contribution >= 4 is 11.7 Å². The molecule has 0 radical (unpaired) electrons. The van der Waals surface area contributed by atoms with E-state index in [2.05, 4.69) is 28.9 Å². The van der Waals surface area contributed by atoms with Gasteiger partial charge < -0.3 is 15.5 Å². The van der Waals surface area contributed by atoms with E-state index >= 15 is 0 Å². The first-order valence-electron chi connectivity index (χ1n) is 7.70. The van der Waals surface area contributed by atoms with Crippen molar-refractivity contribution in [3.63, 3.8) is 0 Å². The number of carbonyl (C=O) groups is 1. The van der Waals surface area contributed by atoms with Gasteiger partial charge in [0, 0.05) is 45.2 Å². The molecule has 1 fully saturated rings. The number of rotatable bonds is 4. The molecule has 0 bridgehead atoms. The van der Waals surface area contributed by atoms with Crippen molar-refractivity contribution in [2.24, 2.45) is 5.73 Å². The molecule has 116 valence electrons. The summed E-state index contributed by atoms with van der Waals surface area (Å²) in [6, 6.07) is 0. The van der Waals surface area contributed by atoms with Crippen LogP contribution in [0.1, 0.15) is 37.6 Å². The highest BCUT2D eigenvalue weighted by Gasteiger charge is 2.23. The van der Waals surface area contributed by atoms with Crippen molar-refractivity contribution in [3.8, 4) is 0 Å². The third kappa shape index (κ3) is 3.15. The Bertz CT molecular complexity index is 509. The average molecular weight is 291 g/mol. The van der Waals surface area contributed by atoms with Crippen LogP contribution in [0.2, 0.25) is 0 Å². The smallest absolute Gasteiger partial charge is 0.219 e. The van der Waals surface area contributed by atoms with Gasteiger partial charge in [0.05, 0.1) is 5.69 Å². The Labute approximate surface area is 126 Å². The van der Waals surface area contributed by atoms with Gasteiger partial charge >= 0.3 is 0 Å². The number of piperazine rings is 1. The number of hydrogen-bond acceptors (Lipinski definition) is 5. The van der Waals surface area contributed by atoms with E-state index < -0.39 is 0 Å². The van der Waals surface area contributed by atoms with Crippen LogP contribution in [0.15, 0.2) is 0 Å². The standard InChI is InChI=1S/C15H25N5O/c1-4-12-13(10-16)15(18-17-14(12)5-2)20-8-6-19(7-9-20)11(3)21/h4-10,16H2,1-3H3. The molecule has 1 saturated heterocycles. The van der Waals surface area contributed by atoms with E-state index in [1.54, 1.807) is 6.92 Å². The SMILES string of the molecule is CCc1nnc(N2CCN(C(C)=O)CC2)c(CN)c1CC. The van der Waals surface area contributed by atoms with Crippen LogP contribution < -0.4 is 10.6 Å². The van der Waals surface area contributed by atoms with Crippen molar-refractivity contribution in [2.45, 2.75) is 40.2 Å². The van der Waals surface area contributed by atoms with E-state index in [9.17, 15) is 4.79 Å². The fourth-order valence-corrected chi connectivity index (χ4v) is 2.94. The van der Waals surface area contributed by atoms with E-state index in [1.807, 2.05) is 4.90 Å². The van der Waals surface area contributed by atoms with Gasteiger partial charge in [-0.05, 0) is 18.4 Å². The van der Waals surface area contributed by atoms with E-state index in [0.29, 0.717) is 6.54 Å². The zero-order valence-corrected chi connectivity index (χ0v) is 13.2. The van der Waals surface area contributed by atoms with Crippen LogP contribution in [-0.4, -0.2) is 47.2 Å². The summed E-state index contributed by atoms with van der Waals surface area (Å²) >= 11 is 0. The van der Waals surface area contributed by atoms with Crippen LogP contribution >= 0.6 is 0 Å². The van der Waals surface area contributed by atoms with E-state index in [0.717, 1.165) is 56.1 Å². The fraction of sp³-hybridized carbons (Fsp3) is 0.667. The first-order chi connectivity index (χ1) is 10.1. The number of nitrogens with two attached hydrogens (primary N) is 1. The Kier molecular flexibility index (Phi) is 5.12. The minimum absolute atomic E-state index is 0.135. The first-order valence-corrected chi connectivity index (χ1v) is 7.70. The minimum Gasteiger partial charge on any atom is -0.351 e. The molecular weight excluding hydrogens is 266 g/mol. The van der Waals surface area contributed by atoms with Gasteiger partial charge in [0.25, 0.3) is 0 Å². The summed E-state index contributed by atoms with van der Waals surface area (Å²) in [6.07, 6.45) is 1.80. The zero-order chi connectivity index (χ0) is 15.4. The second-order valence-electron chi connectivity index (χ2n) is 5.33. The Morgan fingerprint density at radius 2 is 1.76 bits per heavy atom. The number of aromatic nitrogens is 2. The predicted molar refractivity (Wildman–Crippen MR) is 83.1 cm³/mol. The monoisotopic (exact) mass is 291 g/mol. The van der Waals surface area contributed by atoms with Crippen LogP contribution in [0.4, 0.5) is 5.82 Å². The van der Waals surface area contributed by atoms with E-state index in [-0.39, 0.29) is 5.91 Å². The topological polar surface area (TPSA) is 75.4 Å². The van der Waals surface area contributed by atoms with Crippen molar-refractivity contribution in [1.29, 1.82) is 0 Å². The Morgan fingerprint density at radius 1 is 1.10 bits per heavy atom. The number of amides is 1. The lowest BCUT2D eigenvalue weighted by Crippen LogP contribution is -2.48. The molecule has 0 saturated carbocycles. The second-order valence-corrected chi connectivity index (χ2v) is 5.33. The van der Waals surface area contributed by atoms with Gasteiger partial charge in [0.1, 0.15) is 0 Å². The molecule has 1 aromatic rings. The van der Waals surface area contributed by atoms with Crippen LogP contribution in [0.3, 0.4) is 0 Å². The summed E-state index contributed by atoms with van der Waals surface area (Å²) < 4.78 is 0. The molecule has 0 unspecified atom stereocenters. The quantitative estimate of drug-likeness (QED) is 0.885. The Hall–Kier alpha value is -1.69. The third-order valence-corrected chi connectivity index (χ3v) is 4.17. The summed E-state index contributed by atoms with van der Waals surface area (Å²) in [5.41, 5.74) is 9.37. The van der Waals surface area contributed by atoms with Gasteiger partial charge in [-0.15, -0.1) is 5.10 Å². The summed E-state index contributed by atoms with van der Waals surface area (Å²) in [4.78, 5) is 15.5. The molecule has 1 amide bonds. The third-order valence-electron chi connectivity index (χ3n) is 4.17. The van der Waals surface area contributed by atoms with Gasteiger partial charge in [0.15, 0.2) is 5.82 Å². The zero-order valence-electron chi connectivity index (χ0n) is 13.2. The maximum atomic E-state index is 11.4. The second kappa shape index (κ2) is 6.85. The molecule has 6 nitrogen and oxygen atoms in total. The average Bonchev–Trinajstić information content (AvgIpc) is 2.53. The molecule has 21 heavy (non-hydrogen) atoms. The molecule has 2 heterocycles. The fourth-order valence-electron chi connectivity index (χ4n) is 2.94. The molecule has 1 aliphatic rings. The molecule has 2 N–H and O–H groups in total. The molecule has 0 aliphatic carbocycles. The van der Waals surface area contributed by atoms with E-state index in [1.165, 1.54) is 5.56 Å². The van der Waals surface area contributed by atoms with Gasteiger partial charge in [0.2, 0.25) is 5.91 Å². The molecule has 0 spiro atoms. The molecule has 2 rings (SSSR count). The number of anilines is 1. The minimum atomic E-state index is 0.135. The van der Waals surface area contributed by atoms with Gasteiger partial charge in [-0.25, -0.2) is 0 Å². The largest absolute Gasteiger partial charge is 0.351 e. The van der Waals surface area contributed by atoms with Gasteiger partial charge in [-0.2, -0.15) is 5.10 Å². The van der Waals surface area contributed by atoms with Crippen LogP contribution in [-0.2, 0) is 24.2 Å². The van der Waals surface area contributed by atoms with Crippen LogP contribution in [0.25, 0.3) is 0 Å². The van der Waals surface area contributed by atoms with Crippen LogP contribution in [0, 0.1) is 0 Å². The predicted octanol–water partition coefficient (Wildman–Crippen LogP) is 0.729. The molecule has 0 aromatic carbocycles. The maximum absolute atomic E-state index is 11.4. The molecular formula is C15H25N5O. The summed E-state index contributed by atoms with van der Waals surface area (Å²) in [5.74, 6) is 1.03. The van der Waals surface area contributed by atoms with Crippen molar-refractivity contribution in [1.82, 2.24) is 15.1 Å². The molecule has 1 aliphatic heterocycles. The lowest BCUT2D eigenvalue weighted by Gasteiger charge is -2.35. The lowest BCUT2D eigenvalue weighted by atomic mass is 10.0. The van der Waals surface area contributed by atoms with Crippen molar-refractivity contribution in [2.75, 3.05) is 31.1 Å². The number of aryl methyl sites for hydroxylation is 1.